The molecule has 1 heterocycles. The number of carbonyl (C=O) groups excluding carboxylic acids is 1. The number of rotatable bonds is 13. The Morgan fingerprint density at radius 3 is 1.74 bits per heavy atom. The Bertz CT molecular complexity index is 823. The van der Waals surface area contributed by atoms with Crippen LogP contribution in [0.2, 0.25) is 0 Å². The highest BCUT2D eigenvalue weighted by molar-refractivity contribution is 5.82. The number of hydrogen-bond donors (Lipinski definition) is 1. The van der Waals surface area contributed by atoms with E-state index in [-0.39, 0.29) is 5.91 Å². The van der Waals surface area contributed by atoms with Crippen molar-refractivity contribution in [3.05, 3.63) is 59.7 Å². The second kappa shape index (κ2) is 12.8. The second-order valence-corrected chi connectivity index (χ2v) is 9.79. The molecule has 1 aliphatic rings. The van der Waals surface area contributed by atoms with Gasteiger partial charge in [0.25, 0.3) is 0 Å². The number of aryl methyl sites for hydroxylation is 2. The molecular formula is C28H42N3O3+. The van der Waals surface area contributed by atoms with E-state index in [1.807, 2.05) is 29.2 Å². The lowest BCUT2D eigenvalue weighted by atomic mass is 10.1. The number of amides is 1. The number of likely N-dealkylation sites (N-methyl/N-ethyl adjacent to an activating group) is 1. The first-order chi connectivity index (χ1) is 16.4. The van der Waals surface area contributed by atoms with Gasteiger partial charge in [-0.15, -0.1) is 0 Å². The van der Waals surface area contributed by atoms with Crippen LogP contribution >= 0.6 is 0 Å². The van der Waals surface area contributed by atoms with E-state index in [1.54, 1.807) is 14.2 Å². The van der Waals surface area contributed by atoms with Gasteiger partial charge in [-0.1, -0.05) is 24.3 Å². The third-order valence-electron chi connectivity index (χ3n) is 7.02. The van der Waals surface area contributed by atoms with Gasteiger partial charge in [0.2, 0.25) is 5.91 Å². The fraction of sp³-hybridized carbons (Fsp3) is 0.536. The van der Waals surface area contributed by atoms with E-state index in [0.29, 0.717) is 6.54 Å². The maximum atomic E-state index is 12.9. The molecule has 0 aromatic heterocycles. The number of methoxy groups -OCH3 is 2. The van der Waals surface area contributed by atoms with Gasteiger partial charge in [-0.3, -0.25) is 4.79 Å². The molecule has 1 fully saturated rings. The van der Waals surface area contributed by atoms with Gasteiger partial charge in [-0.05, 0) is 61.1 Å². The van der Waals surface area contributed by atoms with Gasteiger partial charge in [-0.25, -0.2) is 0 Å². The monoisotopic (exact) mass is 468 g/mol. The van der Waals surface area contributed by atoms with E-state index in [9.17, 15) is 4.79 Å². The van der Waals surface area contributed by atoms with Gasteiger partial charge in [0.1, 0.15) is 24.1 Å². The molecule has 6 heteroatoms. The predicted octanol–water partition coefficient (Wildman–Crippen LogP) is 3.67. The van der Waals surface area contributed by atoms with Gasteiger partial charge in [0, 0.05) is 25.9 Å². The zero-order chi connectivity index (χ0) is 24.4. The molecule has 1 atom stereocenters. The summed E-state index contributed by atoms with van der Waals surface area (Å²) in [6.45, 7) is 4.38. The van der Waals surface area contributed by atoms with Crippen molar-refractivity contribution in [2.45, 2.75) is 44.6 Å². The lowest BCUT2D eigenvalue weighted by Gasteiger charge is -2.37. The van der Waals surface area contributed by atoms with Crippen LogP contribution in [0.4, 0.5) is 0 Å². The van der Waals surface area contributed by atoms with Crippen molar-refractivity contribution in [2.24, 2.45) is 5.73 Å². The Balaban J connectivity index is 1.58. The molecule has 1 aliphatic heterocycles. The van der Waals surface area contributed by atoms with E-state index < -0.39 is 6.04 Å². The highest BCUT2D eigenvalue weighted by Crippen LogP contribution is 2.18. The summed E-state index contributed by atoms with van der Waals surface area (Å²) in [5, 5.41) is 0. The maximum Gasteiger partial charge on any atom is 0.245 e. The molecule has 2 N–H and O–H groups in total. The third kappa shape index (κ3) is 7.74. The first kappa shape index (κ1) is 26.0. The Morgan fingerprint density at radius 1 is 0.882 bits per heavy atom. The van der Waals surface area contributed by atoms with Crippen molar-refractivity contribution in [3.8, 4) is 11.5 Å². The molecular weight excluding hydrogens is 426 g/mol. The molecule has 3 rings (SSSR count). The predicted molar refractivity (Wildman–Crippen MR) is 137 cm³/mol. The van der Waals surface area contributed by atoms with Crippen LogP contribution < -0.4 is 15.2 Å². The summed E-state index contributed by atoms with van der Waals surface area (Å²) in [4.78, 5) is 14.8. The van der Waals surface area contributed by atoms with E-state index >= 15 is 0 Å². The van der Waals surface area contributed by atoms with E-state index in [0.717, 1.165) is 80.7 Å². The Morgan fingerprint density at radius 2 is 1.32 bits per heavy atom. The minimum Gasteiger partial charge on any atom is -0.497 e. The number of benzene rings is 2. The SMILES string of the molecule is COc1ccc(CCC[N+](C)(CCCc2ccc(OC)cc2)CC(N)C(=O)N2CCCC2)cc1. The minimum absolute atomic E-state index is 0.118. The number of ether oxygens (including phenoxy) is 2. The van der Waals surface area contributed by atoms with Crippen LogP contribution in [-0.2, 0) is 17.6 Å². The average molecular weight is 469 g/mol. The van der Waals surface area contributed by atoms with Crippen LogP contribution in [0, 0.1) is 0 Å². The van der Waals surface area contributed by atoms with Gasteiger partial charge >= 0.3 is 0 Å². The number of hydrogen-bond acceptors (Lipinski definition) is 4. The Kier molecular flexibility index (Phi) is 9.78. The molecule has 1 unspecified atom stereocenters. The molecule has 1 amide bonds. The van der Waals surface area contributed by atoms with Crippen LogP contribution in [0.5, 0.6) is 11.5 Å². The smallest absolute Gasteiger partial charge is 0.245 e. The zero-order valence-corrected chi connectivity index (χ0v) is 21.2. The summed E-state index contributed by atoms with van der Waals surface area (Å²) < 4.78 is 11.4. The second-order valence-electron chi connectivity index (χ2n) is 9.79. The summed E-state index contributed by atoms with van der Waals surface area (Å²) >= 11 is 0. The van der Waals surface area contributed by atoms with Crippen molar-refractivity contribution in [2.75, 3.05) is 54.0 Å². The summed E-state index contributed by atoms with van der Waals surface area (Å²) in [6.07, 6.45) is 6.30. The molecule has 0 aliphatic carbocycles. The highest BCUT2D eigenvalue weighted by atomic mass is 16.5. The largest absolute Gasteiger partial charge is 0.497 e. The summed E-state index contributed by atoms with van der Waals surface area (Å²) in [6, 6.07) is 16.2. The van der Waals surface area contributed by atoms with Crippen LogP contribution in [0.25, 0.3) is 0 Å². The molecule has 1 saturated heterocycles. The molecule has 34 heavy (non-hydrogen) atoms. The fourth-order valence-corrected chi connectivity index (χ4v) is 4.93. The quantitative estimate of drug-likeness (QED) is 0.456. The number of likely N-dealkylation sites (tertiary alicyclic amines) is 1. The maximum absolute atomic E-state index is 12.9. The van der Waals surface area contributed by atoms with Crippen molar-refractivity contribution in [3.63, 3.8) is 0 Å². The average Bonchev–Trinajstić information content (AvgIpc) is 3.39. The molecule has 0 radical (unpaired) electrons. The van der Waals surface area contributed by atoms with Crippen molar-refractivity contribution < 1.29 is 18.8 Å². The minimum atomic E-state index is -0.440. The van der Waals surface area contributed by atoms with Crippen molar-refractivity contribution in [1.82, 2.24) is 4.90 Å². The van der Waals surface area contributed by atoms with E-state index in [1.165, 1.54) is 11.1 Å². The standard InChI is InChI=1S/C28H42N3O3/c1-31(22-27(29)28(32)30-18-4-5-19-30,20-6-8-23-10-14-25(33-2)15-11-23)21-7-9-24-12-16-26(34-3)17-13-24/h10-17,27H,4-9,18-22,29H2,1-3H3/q+1. The van der Waals surface area contributed by atoms with E-state index in [4.69, 9.17) is 15.2 Å². The van der Waals surface area contributed by atoms with Crippen LogP contribution in [-0.4, -0.2) is 75.3 Å². The van der Waals surface area contributed by atoms with Crippen molar-refractivity contribution in [1.29, 1.82) is 0 Å². The number of quaternary nitrogens is 1. The van der Waals surface area contributed by atoms with Crippen LogP contribution in [0.15, 0.2) is 48.5 Å². The summed E-state index contributed by atoms with van der Waals surface area (Å²) in [5.41, 5.74) is 9.09. The number of nitrogens with zero attached hydrogens (tertiary/aromatic N) is 2. The summed E-state index contributed by atoms with van der Waals surface area (Å²) in [5.74, 6) is 1.88. The van der Waals surface area contributed by atoms with Gasteiger partial charge in [0.05, 0.1) is 34.4 Å². The Hall–Kier alpha value is -2.57. The molecule has 0 spiro atoms. The molecule has 2 aromatic rings. The lowest BCUT2D eigenvalue weighted by Crippen LogP contribution is -2.57. The lowest BCUT2D eigenvalue weighted by molar-refractivity contribution is -0.910. The third-order valence-corrected chi connectivity index (χ3v) is 7.02. The van der Waals surface area contributed by atoms with Gasteiger partial charge in [0.15, 0.2) is 0 Å². The molecule has 186 valence electrons. The molecule has 0 saturated carbocycles. The van der Waals surface area contributed by atoms with Gasteiger partial charge < -0.3 is 24.6 Å². The van der Waals surface area contributed by atoms with E-state index in [2.05, 4.69) is 31.3 Å². The molecule has 2 aromatic carbocycles. The number of carbonyl (C=O) groups is 1. The Labute approximate surface area is 205 Å². The zero-order valence-electron chi connectivity index (χ0n) is 21.2. The number of nitrogens with two attached hydrogens (primary N) is 1. The highest BCUT2D eigenvalue weighted by Gasteiger charge is 2.31. The summed E-state index contributed by atoms with van der Waals surface area (Å²) in [7, 11) is 5.65. The topological polar surface area (TPSA) is 64.8 Å². The first-order valence-electron chi connectivity index (χ1n) is 12.6. The van der Waals surface area contributed by atoms with Crippen molar-refractivity contribution >= 4 is 5.91 Å². The van der Waals surface area contributed by atoms with Crippen LogP contribution in [0.3, 0.4) is 0 Å². The van der Waals surface area contributed by atoms with Crippen LogP contribution in [0.1, 0.15) is 36.8 Å². The first-order valence-corrected chi connectivity index (χ1v) is 12.6. The fourth-order valence-electron chi connectivity index (χ4n) is 4.93. The van der Waals surface area contributed by atoms with Gasteiger partial charge in [-0.2, -0.15) is 0 Å². The molecule has 6 nitrogen and oxygen atoms in total. The normalized spacial score (nSPS) is 14.8. The molecule has 0 bridgehead atoms.